The van der Waals surface area contributed by atoms with Crippen LogP contribution in [0.25, 0.3) is 66.9 Å². The number of rotatable bonds is 21. The predicted molar refractivity (Wildman–Crippen MR) is 430 cm³/mol. The highest BCUT2D eigenvalue weighted by Gasteiger charge is 2.45. The molecule has 0 bridgehead atoms. The second kappa shape index (κ2) is 34.8. The molecule has 3 fully saturated rings. The Hall–Kier alpha value is -10.7. The van der Waals surface area contributed by atoms with Gasteiger partial charge in [0.15, 0.2) is 34.9 Å². The summed E-state index contributed by atoms with van der Waals surface area (Å²) in [6.07, 6.45) is 4.85. The Kier molecular flexibility index (Phi) is 25.1. The Morgan fingerprint density at radius 2 is 0.598 bits per heavy atom. The van der Waals surface area contributed by atoms with Gasteiger partial charge in [-0.05, 0) is 175 Å². The molecule has 3 atom stereocenters. The van der Waals surface area contributed by atoms with Crippen molar-refractivity contribution in [1.82, 2.24) is 88.2 Å². The Bertz CT molecular complexity index is 4980. The Balaban J connectivity index is 0.000000152. The van der Waals surface area contributed by atoms with Crippen LogP contribution in [0.4, 0.5) is 74.8 Å². The van der Waals surface area contributed by atoms with E-state index in [0.717, 1.165) is 38.2 Å². The molecule has 0 saturated carbocycles. The van der Waals surface area contributed by atoms with Gasteiger partial charge in [0.1, 0.15) is 104 Å². The molecule has 33 heteroatoms. The van der Waals surface area contributed by atoms with Gasteiger partial charge in [0.05, 0.1) is 35.1 Å². The van der Waals surface area contributed by atoms with Gasteiger partial charge < -0.3 is 59.7 Å². The fraction of sp³-hybridized carbons (Fsp3) is 0.429. The number of benzene rings is 3. The van der Waals surface area contributed by atoms with Crippen LogP contribution in [0.15, 0.2) is 110 Å². The first-order chi connectivity index (χ1) is 55.8. The van der Waals surface area contributed by atoms with Crippen molar-refractivity contribution in [3.63, 3.8) is 0 Å². The summed E-state index contributed by atoms with van der Waals surface area (Å²) in [5.41, 5.74) is -1.21. The summed E-state index contributed by atoms with van der Waals surface area (Å²) in [7, 11) is 0. The van der Waals surface area contributed by atoms with Crippen molar-refractivity contribution in [2.45, 2.75) is 175 Å². The van der Waals surface area contributed by atoms with Crippen molar-refractivity contribution in [1.29, 1.82) is 0 Å². The lowest BCUT2D eigenvalue weighted by Gasteiger charge is -2.38. The summed E-state index contributed by atoms with van der Waals surface area (Å²) in [4.78, 5) is 57.0. The maximum Gasteiger partial charge on any atom is 0.229 e. The number of anilines is 6. The number of pyridine rings is 3. The lowest BCUT2D eigenvalue weighted by atomic mass is 9.85. The van der Waals surface area contributed by atoms with Crippen LogP contribution in [0.1, 0.15) is 171 Å². The summed E-state index contributed by atoms with van der Waals surface area (Å²) in [6.45, 7) is 29.4. The van der Waals surface area contributed by atoms with Crippen LogP contribution in [0.5, 0.6) is 0 Å². The van der Waals surface area contributed by atoms with E-state index in [0.29, 0.717) is 107 Å². The van der Waals surface area contributed by atoms with E-state index in [4.69, 9.17) is 0 Å². The quantitative estimate of drug-likeness (QED) is 0.0365. The van der Waals surface area contributed by atoms with E-state index in [9.17, 15) is 41.7 Å². The Morgan fingerprint density at radius 1 is 0.350 bits per heavy atom. The first-order valence-corrected chi connectivity index (χ1v) is 39.4. The highest BCUT2D eigenvalue weighted by molar-refractivity contribution is 5.85. The smallest absolute Gasteiger partial charge is 0.229 e. The average molecular weight is 1620 g/mol. The van der Waals surface area contributed by atoms with Gasteiger partial charge in [0.25, 0.3) is 0 Å². The first kappa shape index (κ1) is 84.2. The Labute approximate surface area is 671 Å². The van der Waals surface area contributed by atoms with Gasteiger partial charge in [-0.25, -0.2) is 99.3 Å². The number of aromatic nitrogens is 15. The van der Waals surface area contributed by atoms with Gasteiger partial charge in [-0.15, -0.1) is 0 Å². The SMILES string of the molecule is CCN1CCC(F)(C(O)c2ccc(Nc3ncc(F)c(-c4cc(F)c5nc(C)n(C(C)C)c5c4)n3)nc2)CC1.CCN1CCC(F)([C@@H](O)c2ccc(Nc3ncc(F)c(-c4cc(F)c5nc(C)n(C(C)C)c5c4)n3)nc2)CC1.CCN1CCC(F)([C@H](O)c2ccc(Nc3ncc(F)c(-c4cc(F)c5nc(C)n(C(C)C)c5c4)n3)nc2)CC1. The van der Waals surface area contributed by atoms with Gasteiger partial charge in [-0.2, -0.15) is 0 Å². The molecule has 3 aromatic carbocycles. The minimum atomic E-state index is -1.71. The zero-order chi connectivity index (χ0) is 83.7. The highest BCUT2D eigenvalue weighted by Crippen LogP contribution is 2.43. The third-order valence-corrected chi connectivity index (χ3v) is 22.3. The van der Waals surface area contributed by atoms with Gasteiger partial charge in [0.2, 0.25) is 17.8 Å². The lowest BCUT2D eigenvalue weighted by molar-refractivity contribution is -0.0517. The number of nitrogens with zero attached hydrogens (tertiary/aromatic N) is 18. The van der Waals surface area contributed by atoms with Crippen LogP contribution in [0, 0.1) is 55.7 Å². The average Bonchev–Trinajstić information content (AvgIpc) is 1.64. The third kappa shape index (κ3) is 17.9. The molecule has 0 amide bonds. The lowest BCUT2D eigenvalue weighted by Crippen LogP contribution is -2.45. The molecule has 6 N–H and O–H groups in total. The van der Waals surface area contributed by atoms with Crippen molar-refractivity contribution < 1.29 is 54.8 Å². The van der Waals surface area contributed by atoms with Crippen LogP contribution in [-0.4, -0.2) is 179 Å². The number of hydrogen-bond acceptors (Lipinski definition) is 21. The Morgan fingerprint density at radius 3 is 0.812 bits per heavy atom. The molecule has 15 rings (SSSR count). The van der Waals surface area contributed by atoms with Crippen molar-refractivity contribution >= 4 is 68.4 Å². The van der Waals surface area contributed by atoms with E-state index in [1.807, 2.05) is 76.0 Å². The minimum Gasteiger partial charge on any atom is -0.385 e. The molecule has 3 aliphatic heterocycles. The van der Waals surface area contributed by atoms with E-state index in [1.165, 1.54) is 36.8 Å². The summed E-state index contributed by atoms with van der Waals surface area (Å²) in [6, 6.07) is 18.2. The van der Waals surface area contributed by atoms with Crippen molar-refractivity contribution in [2.24, 2.45) is 0 Å². The maximum atomic E-state index is 15.4. The van der Waals surface area contributed by atoms with Crippen LogP contribution >= 0.6 is 0 Å². The molecule has 12 heterocycles. The molecule has 24 nitrogen and oxygen atoms in total. The number of imidazole rings is 3. The molecule has 0 spiro atoms. The number of aryl methyl sites for hydroxylation is 3. The predicted octanol–water partition coefficient (Wildman–Crippen LogP) is 17.0. The zero-order valence-corrected chi connectivity index (χ0v) is 67.3. The second-order valence-electron chi connectivity index (χ2n) is 30.9. The molecular formula is C84H96F9N21O3. The van der Waals surface area contributed by atoms with Crippen molar-refractivity contribution in [2.75, 3.05) is 74.9 Å². The number of aliphatic hydroxyl groups is 3. The molecule has 3 aliphatic rings. The second-order valence-corrected chi connectivity index (χ2v) is 30.9. The maximum absolute atomic E-state index is 15.4. The molecule has 117 heavy (non-hydrogen) atoms. The van der Waals surface area contributed by atoms with Crippen molar-refractivity contribution in [3.05, 3.63) is 179 Å². The molecule has 12 aromatic rings. The van der Waals surface area contributed by atoms with Crippen LogP contribution in [-0.2, 0) is 0 Å². The summed E-state index contributed by atoms with van der Waals surface area (Å²) in [5.74, 6) is -0.726. The highest BCUT2D eigenvalue weighted by atomic mass is 19.2. The van der Waals surface area contributed by atoms with E-state index < -0.39 is 70.2 Å². The normalized spacial score (nSPS) is 16.6. The molecule has 9 aromatic heterocycles. The fourth-order valence-corrected chi connectivity index (χ4v) is 15.8. The van der Waals surface area contributed by atoms with Gasteiger partial charge >= 0.3 is 0 Å². The zero-order valence-electron chi connectivity index (χ0n) is 67.3. The molecule has 618 valence electrons. The first-order valence-electron chi connectivity index (χ1n) is 39.4. The fourth-order valence-electron chi connectivity index (χ4n) is 15.8. The molecule has 0 radical (unpaired) electrons. The number of halogens is 9. The standard InChI is InChI=1S/3C28H32F3N7O/c3*1-5-37-10-8-28(31,9-11-37)26(39)18-6-7-23(32-14-18)35-27-33-15-21(30)24(36-27)19-12-20(29)25-22(13-19)38(16(2)3)17(4)34-25/h3*6-7,12-16,26,39H,5,8-11H2,1-4H3,(H,32,33,35,36)/t2*26-;/m10./s1. The summed E-state index contributed by atoms with van der Waals surface area (Å²) >= 11 is 0. The topological polar surface area (TPSA) is 276 Å². The van der Waals surface area contributed by atoms with Crippen LogP contribution in [0.2, 0.25) is 0 Å². The number of alkyl halides is 3. The van der Waals surface area contributed by atoms with E-state index in [-0.39, 0.29) is 125 Å². The molecule has 0 aliphatic carbocycles. The van der Waals surface area contributed by atoms with E-state index in [1.54, 1.807) is 75.4 Å². The number of fused-ring (bicyclic) bond motifs is 3. The third-order valence-electron chi connectivity index (χ3n) is 22.3. The van der Waals surface area contributed by atoms with Gasteiger partial charge in [-0.1, -0.05) is 39.0 Å². The largest absolute Gasteiger partial charge is 0.385 e. The van der Waals surface area contributed by atoms with E-state index in [2.05, 4.69) is 90.5 Å². The minimum absolute atomic E-state index is 0.0288. The molecule has 3 saturated heterocycles. The number of nitrogens with one attached hydrogen (secondary N) is 3. The summed E-state index contributed by atoms with van der Waals surface area (Å²) in [5, 5.41) is 40.9. The van der Waals surface area contributed by atoms with Gasteiger partial charge in [0, 0.05) is 109 Å². The number of aliphatic hydroxyl groups excluding tert-OH is 3. The van der Waals surface area contributed by atoms with Crippen LogP contribution < -0.4 is 16.0 Å². The summed E-state index contributed by atoms with van der Waals surface area (Å²) < 4.78 is 141. The number of piperidine rings is 3. The van der Waals surface area contributed by atoms with Crippen molar-refractivity contribution in [3.8, 4) is 33.8 Å². The number of hydrogen-bond donors (Lipinski definition) is 6. The van der Waals surface area contributed by atoms with Crippen LogP contribution in [0.3, 0.4) is 0 Å². The van der Waals surface area contributed by atoms with Gasteiger partial charge in [-0.3, -0.25) is 0 Å². The molecule has 1 unspecified atom stereocenters. The number of likely N-dealkylation sites (tertiary alicyclic amines) is 3. The van der Waals surface area contributed by atoms with E-state index >= 15 is 13.2 Å². The monoisotopic (exact) mass is 1620 g/mol. The molecular weight excluding hydrogens is 1520 g/mol.